The van der Waals surface area contributed by atoms with Gasteiger partial charge in [-0.25, -0.2) is 0 Å². The summed E-state index contributed by atoms with van der Waals surface area (Å²) >= 11 is 0. The van der Waals surface area contributed by atoms with Crippen molar-refractivity contribution in [2.45, 2.75) is 140 Å². The largest absolute Gasteiger partial charge is 0.481 e. The van der Waals surface area contributed by atoms with Gasteiger partial charge in [0.05, 0.1) is 49.0 Å². The van der Waals surface area contributed by atoms with E-state index in [4.69, 9.17) is 4.74 Å². The van der Waals surface area contributed by atoms with E-state index in [1.807, 2.05) is 68.5 Å². The summed E-state index contributed by atoms with van der Waals surface area (Å²) in [5.41, 5.74) is 0. The fourth-order valence-corrected chi connectivity index (χ4v) is 6.04. The average Bonchev–Trinajstić information content (AvgIpc) is 3.08. The first kappa shape index (κ1) is 48.8. The molecule has 0 aliphatic carbocycles. The standard InChI is InChI=1S/C42H66O12/c1-29-17-15-13-11-9-7-5-6-8-10-12-14-16-18-34(43)20-19-33(41(50)51)23-24-42(52,53)28-37(46)26-39(48)38(47)22-21-35(44)25-36(45)27-40(49)54-32(4)31(3)30(29)2/h5-18,29-39,43-48,52-53H,19-28H2,1-4H3,(H,50,51)/b6-5+,9-7+,10-8+,13-11+,14-12+,17-15+,18-16+/t29-,30+,31+,32-,33-,34-,35+,36+,37-,38+,39+/m0/s1. The highest BCUT2D eigenvalue weighted by Crippen LogP contribution is 2.27. The Bertz CT molecular complexity index is 1280. The zero-order chi connectivity index (χ0) is 40.7. The number of hydrogen-bond donors (Lipinski definition) is 9. The molecule has 0 fully saturated rings. The van der Waals surface area contributed by atoms with Crippen molar-refractivity contribution in [1.29, 1.82) is 0 Å². The molecule has 0 amide bonds. The van der Waals surface area contributed by atoms with Gasteiger partial charge in [0.1, 0.15) is 6.10 Å². The minimum atomic E-state index is -2.46. The zero-order valence-electron chi connectivity index (χ0n) is 32.3. The molecule has 54 heavy (non-hydrogen) atoms. The van der Waals surface area contributed by atoms with Crippen LogP contribution in [-0.4, -0.2) is 106 Å². The van der Waals surface area contributed by atoms with Gasteiger partial charge in [0, 0.05) is 19.3 Å². The van der Waals surface area contributed by atoms with Crippen molar-refractivity contribution in [1.82, 2.24) is 0 Å². The monoisotopic (exact) mass is 762 g/mol. The number of carboxylic acids is 1. The van der Waals surface area contributed by atoms with Gasteiger partial charge in [-0.15, -0.1) is 0 Å². The number of esters is 1. The fraction of sp³-hybridized carbons (Fsp3) is 0.619. The van der Waals surface area contributed by atoms with Crippen LogP contribution in [0.4, 0.5) is 0 Å². The van der Waals surface area contributed by atoms with Crippen molar-refractivity contribution in [3.8, 4) is 0 Å². The molecule has 0 radical (unpaired) electrons. The third-order valence-corrected chi connectivity index (χ3v) is 10.0. The molecule has 0 saturated carbocycles. The summed E-state index contributed by atoms with van der Waals surface area (Å²) in [6.45, 7) is 7.99. The first-order valence-corrected chi connectivity index (χ1v) is 19.1. The molecule has 0 aromatic carbocycles. The second-order valence-corrected chi connectivity index (χ2v) is 14.7. The van der Waals surface area contributed by atoms with Crippen LogP contribution in [0.2, 0.25) is 0 Å². The highest BCUT2D eigenvalue weighted by molar-refractivity contribution is 5.70. The van der Waals surface area contributed by atoms with Crippen LogP contribution in [0.15, 0.2) is 85.1 Å². The molecule has 0 saturated heterocycles. The molecule has 306 valence electrons. The van der Waals surface area contributed by atoms with Crippen molar-refractivity contribution in [3.63, 3.8) is 0 Å². The van der Waals surface area contributed by atoms with E-state index in [2.05, 4.69) is 19.9 Å². The summed E-state index contributed by atoms with van der Waals surface area (Å²) < 4.78 is 5.60. The number of rotatable bonds is 1. The maximum Gasteiger partial charge on any atom is 0.308 e. The van der Waals surface area contributed by atoms with Gasteiger partial charge in [0.2, 0.25) is 0 Å². The van der Waals surface area contributed by atoms with Crippen molar-refractivity contribution < 1.29 is 60.3 Å². The fourth-order valence-electron chi connectivity index (χ4n) is 6.04. The summed E-state index contributed by atoms with van der Waals surface area (Å²) in [4.78, 5) is 24.4. The van der Waals surface area contributed by atoms with E-state index in [9.17, 15) is 55.5 Å². The quantitative estimate of drug-likeness (QED) is 0.136. The first-order valence-electron chi connectivity index (χ1n) is 19.1. The van der Waals surface area contributed by atoms with Gasteiger partial charge in [-0.1, -0.05) is 106 Å². The Morgan fingerprint density at radius 1 is 0.630 bits per heavy atom. The number of ether oxygens (including phenoxy) is 1. The van der Waals surface area contributed by atoms with Crippen LogP contribution in [0.1, 0.15) is 91.9 Å². The summed E-state index contributed by atoms with van der Waals surface area (Å²) in [7, 11) is 0. The van der Waals surface area contributed by atoms with Gasteiger partial charge < -0.3 is 50.7 Å². The van der Waals surface area contributed by atoms with Crippen LogP contribution in [0, 0.1) is 23.7 Å². The van der Waals surface area contributed by atoms with Gasteiger partial charge in [-0.2, -0.15) is 0 Å². The average molecular weight is 763 g/mol. The third kappa shape index (κ3) is 22.2. The minimum absolute atomic E-state index is 0.0172. The highest BCUT2D eigenvalue weighted by atomic mass is 16.5. The molecule has 11 atom stereocenters. The summed E-state index contributed by atoms with van der Waals surface area (Å²) in [6, 6.07) is 0. The molecule has 0 bridgehead atoms. The third-order valence-electron chi connectivity index (χ3n) is 10.0. The minimum Gasteiger partial charge on any atom is -0.481 e. The first-order chi connectivity index (χ1) is 25.4. The molecule has 12 nitrogen and oxygen atoms in total. The lowest BCUT2D eigenvalue weighted by Crippen LogP contribution is -2.37. The maximum absolute atomic E-state index is 12.6. The number of carbonyl (C=O) groups excluding carboxylic acids is 1. The Hall–Kier alpha value is -3.20. The topological polar surface area (TPSA) is 225 Å². The normalized spacial score (nSPS) is 38.6. The number of carbonyl (C=O) groups is 2. The number of aliphatic hydroxyl groups is 8. The summed E-state index contributed by atoms with van der Waals surface area (Å²) in [6.07, 6.45) is 15.8. The molecule has 12 heteroatoms. The smallest absolute Gasteiger partial charge is 0.308 e. The predicted octanol–water partition coefficient (Wildman–Crippen LogP) is 4.18. The Morgan fingerprint density at radius 2 is 1.17 bits per heavy atom. The van der Waals surface area contributed by atoms with E-state index in [1.54, 1.807) is 18.2 Å². The van der Waals surface area contributed by atoms with Crippen molar-refractivity contribution in [2.24, 2.45) is 23.7 Å². The number of cyclic esters (lactones) is 1. The molecule has 0 unspecified atom stereocenters. The van der Waals surface area contributed by atoms with Crippen LogP contribution in [0.5, 0.6) is 0 Å². The van der Waals surface area contributed by atoms with Gasteiger partial charge in [-0.3, -0.25) is 9.59 Å². The molecule has 9 N–H and O–H groups in total. The molecule has 0 spiro atoms. The molecule has 1 rings (SSSR count). The van der Waals surface area contributed by atoms with Gasteiger partial charge in [0.25, 0.3) is 0 Å². The Balaban J connectivity index is 2.97. The van der Waals surface area contributed by atoms with E-state index in [1.165, 1.54) is 6.08 Å². The lowest BCUT2D eigenvalue weighted by Gasteiger charge is -2.29. The number of aliphatic hydroxyl groups excluding tert-OH is 6. The lowest BCUT2D eigenvalue weighted by atomic mass is 9.82. The second-order valence-electron chi connectivity index (χ2n) is 14.7. The highest BCUT2D eigenvalue weighted by Gasteiger charge is 2.32. The molecule has 1 aliphatic heterocycles. The van der Waals surface area contributed by atoms with Gasteiger partial charge in [0.15, 0.2) is 5.79 Å². The molecule has 1 heterocycles. The van der Waals surface area contributed by atoms with Crippen LogP contribution in [0.3, 0.4) is 0 Å². The van der Waals surface area contributed by atoms with E-state index in [-0.39, 0.29) is 62.7 Å². The van der Waals surface area contributed by atoms with E-state index >= 15 is 0 Å². The summed E-state index contributed by atoms with van der Waals surface area (Å²) in [5.74, 6) is -4.81. The van der Waals surface area contributed by atoms with Crippen molar-refractivity contribution >= 4 is 11.9 Å². The Labute approximate surface area is 320 Å². The molecule has 0 aromatic heterocycles. The van der Waals surface area contributed by atoms with E-state index < -0.39 is 85.6 Å². The second kappa shape index (κ2) is 26.6. The number of allylic oxidation sites excluding steroid dienone is 13. The predicted molar refractivity (Wildman–Crippen MR) is 208 cm³/mol. The number of hydrogen-bond acceptors (Lipinski definition) is 11. The molecular formula is C42H66O12. The Kier molecular flexibility index (Phi) is 24.0. The van der Waals surface area contributed by atoms with Crippen LogP contribution >= 0.6 is 0 Å². The van der Waals surface area contributed by atoms with E-state index in [0.717, 1.165) is 0 Å². The Morgan fingerprint density at radius 3 is 1.72 bits per heavy atom. The SMILES string of the molecule is C[C@@H]1[C@H](C)[C@@H](C)/C=C/C=C/C=C/C=C/C=C/C=C/C=C/[C@H](O)CC[C@H](C(=O)O)CCC(O)(O)C[C@@H](O)C[C@@H](O)[C@H](O)CC[C@@H](O)C[C@@H](O)CC(=O)O[C@H]1C. The summed E-state index contributed by atoms with van der Waals surface area (Å²) in [5, 5.41) is 92.8. The van der Waals surface area contributed by atoms with Crippen LogP contribution in [0.25, 0.3) is 0 Å². The molecule has 0 aromatic rings. The number of aliphatic carboxylic acids is 1. The molecule has 1 aliphatic rings. The van der Waals surface area contributed by atoms with Crippen LogP contribution in [-0.2, 0) is 14.3 Å². The molecular weight excluding hydrogens is 696 g/mol. The van der Waals surface area contributed by atoms with E-state index in [0.29, 0.717) is 0 Å². The zero-order valence-corrected chi connectivity index (χ0v) is 32.3. The lowest BCUT2D eigenvalue weighted by molar-refractivity contribution is -0.190. The van der Waals surface area contributed by atoms with Gasteiger partial charge in [-0.05, 0) is 63.2 Å². The van der Waals surface area contributed by atoms with Crippen LogP contribution < -0.4 is 0 Å². The maximum atomic E-state index is 12.6. The van der Waals surface area contributed by atoms with Crippen molar-refractivity contribution in [3.05, 3.63) is 85.1 Å². The van der Waals surface area contributed by atoms with Gasteiger partial charge >= 0.3 is 11.9 Å². The van der Waals surface area contributed by atoms with Crippen molar-refractivity contribution in [2.75, 3.05) is 0 Å². The number of carboxylic acid groups (broad SMARTS) is 1.